The third kappa shape index (κ3) is 2.97. The van der Waals surface area contributed by atoms with Crippen LogP contribution >= 0.6 is 0 Å². The summed E-state index contributed by atoms with van der Waals surface area (Å²) in [5.74, 6) is -0.155. The Balaban J connectivity index is 1.91. The molecule has 1 aromatic carbocycles. The quantitative estimate of drug-likeness (QED) is 0.797. The summed E-state index contributed by atoms with van der Waals surface area (Å²) >= 11 is 0. The predicted molar refractivity (Wildman–Crippen MR) is 79.7 cm³/mol. The van der Waals surface area contributed by atoms with Crippen molar-refractivity contribution in [3.05, 3.63) is 78.9 Å². The lowest BCUT2D eigenvalue weighted by atomic mass is 10.1. The van der Waals surface area contributed by atoms with Crippen LogP contribution in [0.4, 0.5) is 5.69 Å². The van der Waals surface area contributed by atoms with E-state index in [1.165, 1.54) is 0 Å². The number of benzene rings is 1. The van der Waals surface area contributed by atoms with Crippen LogP contribution in [0.5, 0.6) is 0 Å². The normalized spacial score (nSPS) is 11.8. The van der Waals surface area contributed by atoms with Gasteiger partial charge in [-0.15, -0.1) is 0 Å². The highest BCUT2D eigenvalue weighted by molar-refractivity contribution is 5.95. The summed E-state index contributed by atoms with van der Waals surface area (Å²) < 4.78 is 1.64. The molecule has 0 fully saturated rings. The average Bonchev–Trinajstić information content (AvgIpc) is 3.03. The zero-order chi connectivity index (χ0) is 14.5. The molecule has 21 heavy (non-hydrogen) atoms. The maximum Gasteiger partial charge on any atom is 0.253 e. The fraction of sp³-hybridized carbons (Fsp3) is 0.0625. The first kappa shape index (κ1) is 13.1. The summed E-state index contributed by atoms with van der Waals surface area (Å²) in [7, 11) is 0. The monoisotopic (exact) mass is 278 g/mol. The number of hydrogen-bond acceptors (Lipinski definition) is 3. The van der Waals surface area contributed by atoms with Crippen LogP contribution in [0.1, 0.15) is 11.6 Å². The third-order valence-corrected chi connectivity index (χ3v) is 3.08. The van der Waals surface area contributed by atoms with Crippen molar-refractivity contribution in [1.29, 1.82) is 0 Å². The molecule has 1 unspecified atom stereocenters. The number of aromatic nitrogens is 3. The van der Waals surface area contributed by atoms with E-state index in [2.05, 4.69) is 15.4 Å². The van der Waals surface area contributed by atoms with Crippen molar-refractivity contribution in [2.75, 3.05) is 5.32 Å². The van der Waals surface area contributed by atoms with Crippen molar-refractivity contribution < 1.29 is 4.79 Å². The van der Waals surface area contributed by atoms with Gasteiger partial charge in [-0.25, -0.2) is 0 Å². The molecule has 1 amide bonds. The highest BCUT2D eigenvalue weighted by Gasteiger charge is 2.22. The number of amides is 1. The number of nitrogens with one attached hydrogen (secondary N) is 1. The van der Waals surface area contributed by atoms with Crippen molar-refractivity contribution in [2.24, 2.45) is 0 Å². The molecule has 0 radical (unpaired) electrons. The van der Waals surface area contributed by atoms with Crippen molar-refractivity contribution in [1.82, 2.24) is 14.8 Å². The molecule has 3 rings (SSSR count). The van der Waals surface area contributed by atoms with Gasteiger partial charge in [-0.3, -0.25) is 14.5 Å². The van der Waals surface area contributed by atoms with Crippen LogP contribution < -0.4 is 5.32 Å². The Labute approximate surface area is 122 Å². The summed E-state index contributed by atoms with van der Waals surface area (Å²) in [6, 6.07) is 14.4. The summed E-state index contributed by atoms with van der Waals surface area (Å²) in [5.41, 5.74) is 1.54. The number of rotatable bonds is 4. The van der Waals surface area contributed by atoms with Gasteiger partial charge in [0.25, 0.3) is 5.91 Å². The standard InChI is InChI=1S/C16H14N4O/c21-16(19-14-8-4-9-17-12-14)15(20-11-5-10-18-20)13-6-2-1-3-7-13/h1-12,15H,(H,19,21). The second-order valence-corrected chi connectivity index (χ2v) is 4.53. The van der Waals surface area contributed by atoms with Crippen molar-refractivity contribution in [2.45, 2.75) is 6.04 Å². The number of anilines is 1. The first-order valence-electron chi connectivity index (χ1n) is 6.59. The van der Waals surface area contributed by atoms with Gasteiger partial charge in [0.2, 0.25) is 0 Å². The van der Waals surface area contributed by atoms with E-state index in [9.17, 15) is 4.79 Å². The molecule has 0 aliphatic heterocycles. The fourth-order valence-corrected chi connectivity index (χ4v) is 2.14. The molecule has 5 nitrogen and oxygen atoms in total. The summed E-state index contributed by atoms with van der Waals surface area (Å²) in [4.78, 5) is 16.6. The van der Waals surface area contributed by atoms with E-state index in [-0.39, 0.29) is 5.91 Å². The summed E-state index contributed by atoms with van der Waals surface area (Å²) in [6.07, 6.45) is 6.72. The largest absolute Gasteiger partial charge is 0.323 e. The molecule has 0 bridgehead atoms. The van der Waals surface area contributed by atoms with Gasteiger partial charge in [-0.1, -0.05) is 30.3 Å². The van der Waals surface area contributed by atoms with Crippen LogP contribution in [0, 0.1) is 0 Å². The molecule has 0 aliphatic carbocycles. The smallest absolute Gasteiger partial charge is 0.253 e. The molecular formula is C16H14N4O. The zero-order valence-corrected chi connectivity index (χ0v) is 11.3. The molecule has 0 saturated carbocycles. The van der Waals surface area contributed by atoms with Crippen LogP contribution in [0.2, 0.25) is 0 Å². The molecule has 5 heteroatoms. The van der Waals surface area contributed by atoms with Gasteiger partial charge in [-0.2, -0.15) is 5.10 Å². The zero-order valence-electron chi connectivity index (χ0n) is 11.3. The Hall–Kier alpha value is -2.95. The third-order valence-electron chi connectivity index (χ3n) is 3.08. The molecule has 1 N–H and O–H groups in total. The van der Waals surface area contributed by atoms with Crippen LogP contribution in [0.3, 0.4) is 0 Å². The van der Waals surface area contributed by atoms with Gasteiger partial charge < -0.3 is 5.32 Å². The number of hydrogen-bond donors (Lipinski definition) is 1. The van der Waals surface area contributed by atoms with E-state index < -0.39 is 6.04 Å². The number of nitrogens with zero attached hydrogens (tertiary/aromatic N) is 3. The highest BCUT2D eigenvalue weighted by Crippen LogP contribution is 2.19. The summed E-state index contributed by atoms with van der Waals surface area (Å²) in [6.45, 7) is 0. The lowest BCUT2D eigenvalue weighted by Gasteiger charge is -2.17. The Morgan fingerprint density at radius 3 is 2.57 bits per heavy atom. The molecule has 0 spiro atoms. The molecule has 3 aromatic rings. The second kappa shape index (κ2) is 6.00. The van der Waals surface area contributed by atoms with Crippen molar-refractivity contribution in [3.8, 4) is 0 Å². The SMILES string of the molecule is O=C(Nc1cccnc1)C(c1ccccc1)n1cccn1. The topological polar surface area (TPSA) is 59.8 Å². The molecule has 2 aromatic heterocycles. The van der Waals surface area contributed by atoms with Crippen LogP contribution in [-0.4, -0.2) is 20.7 Å². The van der Waals surface area contributed by atoms with Gasteiger partial charge in [-0.05, 0) is 23.8 Å². The van der Waals surface area contributed by atoms with Gasteiger partial charge in [0, 0.05) is 18.6 Å². The Morgan fingerprint density at radius 2 is 1.90 bits per heavy atom. The van der Waals surface area contributed by atoms with Crippen LogP contribution in [-0.2, 0) is 4.79 Å². The van der Waals surface area contributed by atoms with E-state index >= 15 is 0 Å². The van der Waals surface area contributed by atoms with Crippen LogP contribution in [0.15, 0.2) is 73.3 Å². The minimum atomic E-state index is -0.513. The molecule has 1 atom stereocenters. The lowest BCUT2D eigenvalue weighted by Crippen LogP contribution is -2.27. The fourth-order valence-electron chi connectivity index (χ4n) is 2.14. The minimum absolute atomic E-state index is 0.155. The maximum absolute atomic E-state index is 12.6. The molecule has 2 heterocycles. The predicted octanol–water partition coefficient (Wildman–Crippen LogP) is 2.51. The van der Waals surface area contributed by atoms with Crippen LogP contribution in [0.25, 0.3) is 0 Å². The number of carbonyl (C=O) groups excluding carboxylic acids is 1. The molecule has 0 aliphatic rings. The van der Waals surface area contributed by atoms with E-state index in [0.29, 0.717) is 5.69 Å². The number of pyridine rings is 1. The Morgan fingerprint density at radius 1 is 1.05 bits per heavy atom. The minimum Gasteiger partial charge on any atom is -0.323 e. The highest BCUT2D eigenvalue weighted by atomic mass is 16.2. The molecular weight excluding hydrogens is 264 g/mol. The maximum atomic E-state index is 12.6. The van der Waals surface area contributed by atoms with E-state index in [4.69, 9.17) is 0 Å². The first-order chi connectivity index (χ1) is 10.3. The molecule has 104 valence electrons. The van der Waals surface area contributed by atoms with Crippen molar-refractivity contribution >= 4 is 11.6 Å². The average molecular weight is 278 g/mol. The first-order valence-corrected chi connectivity index (χ1v) is 6.59. The lowest BCUT2D eigenvalue weighted by molar-refractivity contribution is -0.118. The van der Waals surface area contributed by atoms with Gasteiger partial charge in [0.05, 0.1) is 11.9 Å². The Bertz CT molecular complexity index is 696. The van der Waals surface area contributed by atoms with E-state index in [1.807, 2.05) is 30.3 Å². The Kier molecular flexibility index (Phi) is 3.73. The van der Waals surface area contributed by atoms with Crippen molar-refractivity contribution in [3.63, 3.8) is 0 Å². The van der Waals surface area contributed by atoms with E-state index in [1.54, 1.807) is 47.7 Å². The van der Waals surface area contributed by atoms with Gasteiger partial charge in [0.1, 0.15) is 0 Å². The summed E-state index contributed by atoms with van der Waals surface area (Å²) in [5, 5.41) is 7.06. The van der Waals surface area contributed by atoms with Gasteiger partial charge >= 0.3 is 0 Å². The van der Waals surface area contributed by atoms with Gasteiger partial charge in [0.15, 0.2) is 6.04 Å². The number of carbonyl (C=O) groups is 1. The second-order valence-electron chi connectivity index (χ2n) is 4.53. The van der Waals surface area contributed by atoms with E-state index in [0.717, 1.165) is 5.56 Å². The molecule has 0 saturated heterocycles.